The molecule has 0 radical (unpaired) electrons. The summed E-state index contributed by atoms with van der Waals surface area (Å²) in [5.41, 5.74) is 1.51. The Morgan fingerprint density at radius 1 is 1.24 bits per heavy atom. The number of anilines is 1. The van der Waals surface area contributed by atoms with E-state index in [2.05, 4.69) is 0 Å². The van der Waals surface area contributed by atoms with E-state index in [1.807, 2.05) is 31.1 Å². The van der Waals surface area contributed by atoms with Crippen LogP contribution in [-0.2, 0) is 4.74 Å². The molecule has 1 aromatic carbocycles. The van der Waals surface area contributed by atoms with Crippen LogP contribution in [0.1, 0.15) is 24.2 Å². The number of rotatable bonds is 4. The smallest absolute Gasteiger partial charge is 0.338 e. The molecule has 0 unspecified atom stereocenters. The second-order valence-electron chi connectivity index (χ2n) is 4.29. The van der Waals surface area contributed by atoms with Crippen molar-refractivity contribution in [2.24, 2.45) is 0 Å². The molecule has 1 N–H and O–H groups in total. The predicted molar refractivity (Wildman–Crippen MR) is 67.3 cm³/mol. The van der Waals surface area contributed by atoms with Gasteiger partial charge in [-0.1, -0.05) is 0 Å². The summed E-state index contributed by atoms with van der Waals surface area (Å²) in [6.07, 6.45) is -1.17. The number of esters is 1. The summed E-state index contributed by atoms with van der Waals surface area (Å²) in [6, 6.07) is 7.13. The van der Waals surface area contributed by atoms with Gasteiger partial charge in [-0.25, -0.2) is 4.79 Å². The van der Waals surface area contributed by atoms with Crippen molar-refractivity contribution in [2.75, 3.05) is 19.0 Å². The Hall–Kier alpha value is -1.55. The number of hydrogen-bond donors (Lipinski definition) is 1. The maximum absolute atomic E-state index is 11.7. The molecule has 0 fully saturated rings. The average molecular weight is 237 g/mol. The van der Waals surface area contributed by atoms with E-state index in [9.17, 15) is 9.90 Å². The fourth-order valence-electron chi connectivity index (χ4n) is 1.23. The molecule has 2 atom stereocenters. The zero-order valence-corrected chi connectivity index (χ0v) is 10.7. The van der Waals surface area contributed by atoms with Gasteiger partial charge in [0.05, 0.1) is 11.7 Å². The van der Waals surface area contributed by atoms with Crippen molar-refractivity contribution in [3.05, 3.63) is 29.8 Å². The molecule has 0 aliphatic heterocycles. The topological polar surface area (TPSA) is 49.8 Å². The van der Waals surface area contributed by atoms with Crippen LogP contribution in [-0.4, -0.2) is 37.4 Å². The molecular formula is C13H19NO3. The molecule has 4 heteroatoms. The van der Waals surface area contributed by atoms with Gasteiger partial charge in [-0.3, -0.25) is 0 Å². The molecule has 0 bridgehead atoms. The SMILES string of the molecule is C[C@H](O)[C@@H](C)OC(=O)c1ccc(N(C)C)cc1. The summed E-state index contributed by atoms with van der Waals surface area (Å²) >= 11 is 0. The maximum atomic E-state index is 11.7. The Balaban J connectivity index is 2.70. The van der Waals surface area contributed by atoms with Gasteiger partial charge in [0.25, 0.3) is 0 Å². The lowest BCUT2D eigenvalue weighted by Crippen LogP contribution is -2.25. The highest BCUT2D eigenvalue weighted by atomic mass is 16.6. The molecule has 4 nitrogen and oxygen atoms in total. The Bertz CT molecular complexity index is 371. The molecule has 1 aromatic rings. The van der Waals surface area contributed by atoms with E-state index in [4.69, 9.17) is 4.74 Å². The van der Waals surface area contributed by atoms with Gasteiger partial charge in [0.2, 0.25) is 0 Å². The third kappa shape index (κ3) is 3.75. The monoisotopic (exact) mass is 237 g/mol. The van der Waals surface area contributed by atoms with Gasteiger partial charge in [0.15, 0.2) is 0 Å². The molecule has 0 amide bonds. The van der Waals surface area contributed by atoms with Crippen molar-refractivity contribution in [3.8, 4) is 0 Å². The first kappa shape index (κ1) is 13.5. The van der Waals surface area contributed by atoms with Crippen molar-refractivity contribution in [1.82, 2.24) is 0 Å². The normalized spacial score (nSPS) is 13.9. The second-order valence-corrected chi connectivity index (χ2v) is 4.29. The van der Waals surface area contributed by atoms with Gasteiger partial charge >= 0.3 is 5.97 Å². The minimum Gasteiger partial charge on any atom is -0.456 e. The number of carbonyl (C=O) groups is 1. The summed E-state index contributed by atoms with van der Waals surface area (Å²) in [4.78, 5) is 13.6. The number of carbonyl (C=O) groups excluding carboxylic acids is 1. The molecule has 0 saturated heterocycles. The lowest BCUT2D eigenvalue weighted by atomic mass is 10.2. The van der Waals surface area contributed by atoms with E-state index in [0.29, 0.717) is 5.56 Å². The summed E-state index contributed by atoms with van der Waals surface area (Å²) < 4.78 is 5.10. The van der Waals surface area contributed by atoms with Crippen LogP contribution in [0.3, 0.4) is 0 Å². The zero-order valence-electron chi connectivity index (χ0n) is 10.7. The van der Waals surface area contributed by atoms with Gasteiger partial charge < -0.3 is 14.7 Å². The Labute approximate surface area is 102 Å². The maximum Gasteiger partial charge on any atom is 0.338 e. The molecule has 1 rings (SSSR count). The first-order valence-corrected chi connectivity index (χ1v) is 5.58. The van der Waals surface area contributed by atoms with E-state index < -0.39 is 18.2 Å². The molecule has 0 spiro atoms. The van der Waals surface area contributed by atoms with Crippen molar-refractivity contribution in [1.29, 1.82) is 0 Å². The number of ether oxygens (including phenoxy) is 1. The molecule has 0 heterocycles. The van der Waals surface area contributed by atoms with Gasteiger partial charge in [-0.15, -0.1) is 0 Å². The van der Waals surface area contributed by atoms with E-state index in [1.54, 1.807) is 26.0 Å². The molecule has 0 aliphatic rings. The first-order valence-electron chi connectivity index (χ1n) is 5.58. The van der Waals surface area contributed by atoms with Gasteiger partial charge in [-0.05, 0) is 38.1 Å². The zero-order chi connectivity index (χ0) is 13.0. The summed E-state index contributed by atoms with van der Waals surface area (Å²) in [7, 11) is 3.87. The van der Waals surface area contributed by atoms with Crippen LogP contribution >= 0.6 is 0 Å². The van der Waals surface area contributed by atoms with E-state index >= 15 is 0 Å². The van der Waals surface area contributed by atoms with Crippen LogP contribution in [0.15, 0.2) is 24.3 Å². The van der Waals surface area contributed by atoms with Gasteiger partial charge in [-0.2, -0.15) is 0 Å². The fraction of sp³-hybridized carbons (Fsp3) is 0.462. The van der Waals surface area contributed by atoms with Crippen LogP contribution < -0.4 is 4.90 Å². The molecule has 0 aromatic heterocycles. The largest absolute Gasteiger partial charge is 0.456 e. The number of hydrogen-bond acceptors (Lipinski definition) is 4. The molecular weight excluding hydrogens is 218 g/mol. The molecule has 17 heavy (non-hydrogen) atoms. The van der Waals surface area contributed by atoms with E-state index in [0.717, 1.165) is 5.69 Å². The Morgan fingerprint density at radius 3 is 2.18 bits per heavy atom. The van der Waals surface area contributed by atoms with E-state index in [1.165, 1.54) is 0 Å². The average Bonchev–Trinajstić information content (AvgIpc) is 2.28. The van der Waals surface area contributed by atoms with E-state index in [-0.39, 0.29) is 0 Å². The minimum absolute atomic E-state index is 0.413. The van der Waals surface area contributed by atoms with Crippen LogP contribution in [0, 0.1) is 0 Å². The van der Waals surface area contributed by atoms with Crippen LogP contribution in [0.2, 0.25) is 0 Å². The Kier molecular flexibility index (Phi) is 4.52. The molecule has 94 valence electrons. The standard InChI is InChI=1S/C13H19NO3/c1-9(15)10(2)17-13(16)11-5-7-12(8-6-11)14(3)4/h5-10,15H,1-4H3/t9-,10+/m0/s1. The number of nitrogens with zero attached hydrogens (tertiary/aromatic N) is 1. The summed E-state index contributed by atoms with van der Waals surface area (Å²) in [5, 5.41) is 9.25. The summed E-state index contributed by atoms with van der Waals surface area (Å²) in [6.45, 7) is 3.25. The van der Waals surface area contributed by atoms with Crippen molar-refractivity contribution >= 4 is 11.7 Å². The third-order valence-corrected chi connectivity index (χ3v) is 2.59. The number of aliphatic hydroxyl groups is 1. The van der Waals surface area contributed by atoms with Crippen LogP contribution in [0.4, 0.5) is 5.69 Å². The van der Waals surface area contributed by atoms with Crippen molar-refractivity contribution in [2.45, 2.75) is 26.1 Å². The molecule has 0 saturated carbocycles. The van der Waals surface area contributed by atoms with Crippen LogP contribution in [0.25, 0.3) is 0 Å². The third-order valence-electron chi connectivity index (χ3n) is 2.59. The number of aliphatic hydroxyl groups excluding tert-OH is 1. The second kappa shape index (κ2) is 5.68. The highest BCUT2D eigenvalue weighted by Crippen LogP contribution is 2.13. The first-order chi connectivity index (χ1) is 7.91. The Morgan fingerprint density at radius 2 is 1.76 bits per heavy atom. The lowest BCUT2D eigenvalue weighted by molar-refractivity contribution is -0.00468. The van der Waals surface area contributed by atoms with Crippen LogP contribution in [0.5, 0.6) is 0 Å². The highest BCUT2D eigenvalue weighted by molar-refractivity contribution is 5.89. The minimum atomic E-state index is -0.667. The van der Waals surface area contributed by atoms with Crippen molar-refractivity contribution < 1.29 is 14.6 Å². The number of benzene rings is 1. The molecule has 0 aliphatic carbocycles. The fourth-order valence-corrected chi connectivity index (χ4v) is 1.23. The van der Waals surface area contributed by atoms with Gasteiger partial charge in [0.1, 0.15) is 6.10 Å². The van der Waals surface area contributed by atoms with Gasteiger partial charge in [0, 0.05) is 19.8 Å². The highest BCUT2D eigenvalue weighted by Gasteiger charge is 2.15. The predicted octanol–water partition coefficient (Wildman–Crippen LogP) is 1.68. The quantitative estimate of drug-likeness (QED) is 0.809. The van der Waals surface area contributed by atoms with Crippen molar-refractivity contribution in [3.63, 3.8) is 0 Å². The summed E-state index contributed by atoms with van der Waals surface area (Å²) in [5.74, 6) is -0.413. The lowest BCUT2D eigenvalue weighted by Gasteiger charge is -2.16.